The van der Waals surface area contributed by atoms with Crippen molar-refractivity contribution >= 4 is 11.6 Å². The lowest BCUT2D eigenvalue weighted by molar-refractivity contribution is 0.106. The maximum atomic E-state index is 5.38. The summed E-state index contributed by atoms with van der Waals surface area (Å²) in [5.41, 5.74) is 0. The average molecular weight is 193 g/mol. The lowest BCUT2D eigenvalue weighted by Gasteiger charge is -2.27. The van der Waals surface area contributed by atoms with Crippen LogP contribution < -0.4 is 10.2 Å². The van der Waals surface area contributed by atoms with Crippen molar-refractivity contribution < 1.29 is 4.74 Å². The minimum Gasteiger partial charge on any atom is -0.373 e. The van der Waals surface area contributed by atoms with Crippen LogP contribution in [0.25, 0.3) is 0 Å². The van der Waals surface area contributed by atoms with Crippen molar-refractivity contribution in [3.8, 4) is 0 Å². The molecule has 14 heavy (non-hydrogen) atoms. The van der Waals surface area contributed by atoms with Crippen LogP contribution in [0.1, 0.15) is 6.42 Å². The van der Waals surface area contributed by atoms with Gasteiger partial charge >= 0.3 is 0 Å². The first-order chi connectivity index (χ1) is 6.90. The Morgan fingerprint density at radius 3 is 3.14 bits per heavy atom. The summed E-state index contributed by atoms with van der Waals surface area (Å²) >= 11 is 0. The molecule has 1 aliphatic rings. The second-order valence-corrected chi connectivity index (χ2v) is 3.29. The molecule has 0 spiro atoms. The molecule has 1 aliphatic heterocycles. The zero-order valence-electron chi connectivity index (χ0n) is 8.36. The predicted molar refractivity (Wildman–Crippen MR) is 56.6 cm³/mol. The van der Waals surface area contributed by atoms with E-state index in [4.69, 9.17) is 4.74 Å². The molecule has 4 nitrogen and oxygen atoms in total. The first-order valence-electron chi connectivity index (χ1n) is 4.87. The van der Waals surface area contributed by atoms with E-state index >= 15 is 0 Å². The predicted octanol–water partition coefficient (Wildman–Crippen LogP) is 1.31. The van der Waals surface area contributed by atoms with Crippen LogP contribution in [0.15, 0.2) is 18.2 Å². The van der Waals surface area contributed by atoms with Crippen molar-refractivity contribution in [2.75, 3.05) is 37.1 Å². The zero-order chi connectivity index (χ0) is 9.80. The van der Waals surface area contributed by atoms with Gasteiger partial charge in [0.25, 0.3) is 0 Å². The fourth-order valence-electron chi connectivity index (χ4n) is 1.52. The second kappa shape index (κ2) is 4.28. The third-order valence-corrected chi connectivity index (χ3v) is 2.28. The molecular formula is C10H15N3O. The van der Waals surface area contributed by atoms with Crippen LogP contribution in [0, 0.1) is 0 Å². The summed E-state index contributed by atoms with van der Waals surface area (Å²) in [6, 6.07) is 5.96. The van der Waals surface area contributed by atoms with E-state index in [1.54, 1.807) is 0 Å². The molecule has 0 atom stereocenters. The molecule has 4 heteroatoms. The minimum absolute atomic E-state index is 0.653. The Hall–Kier alpha value is -1.29. The lowest BCUT2D eigenvalue weighted by atomic mass is 10.3. The molecule has 1 N–H and O–H groups in total. The van der Waals surface area contributed by atoms with Gasteiger partial charge in [0.2, 0.25) is 0 Å². The molecule has 0 unspecified atom stereocenters. The maximum absolute atomic E-state index is 5.38. The SMILES string of the molecule is CNc1cccc(N2CCCOC2)n1. The van der Waals surface area contributed by atoms with Crippen LogP contribution in [0.5, 0.6) is 0 Å². The highest BCUT2D eigenvalue weighted by Gasteiger charge is 2.11. The van der Waals surface area contributed by atoms with Gasteiger partial charge in [-0.2, -0.15) is 0 Å². The normalized spacial score (nSPS) is 16.8. The summed E-state index contributed by atoms with van der Waals surface area (Å²) in [4.78, 5) is 6.59. The van der Waals surface area contributed by atoms with Crippen LogP contribution in [0.2, 0.25) is 0 Å². The highest BCUT2D eigenvalue weighted by atomic mass is 16.5. The summed E-state index contributed by atoms with van der Waals surface area (Å²) in [5.74, 6) is 1.88. The number of aromatic nitrogens is 1. The lowest BCUT2D eigenvalue weighted by Crippen LogP contribution is -2.33. The summed E-state index contributed by atoms with van der Waals surface area (Å²) in [6.45, 7) is 2.54. The number of hydrogen-bond acceptors (Lipinski definition) is 4. The molecule has 0 bridgehead atoms. The van der Waals surface area contributed by atoms with Crippen molar-refractivity contribution in [3.05, 3.63) is 18.2 Å². The van der Waals surface area contributed by atoms with E-state index in [1.165, 1.54) is 0 Å². The Morgan fingerprint density at radius 2 is 2.43 bits per heavy atom. The molecule has 0 aromatic carbocycles. The fourth-order valence-corrected chi connectivity index (χ4v) is 1.52. The van der Waals surface area contributed by atoms with Crippen LogP contribution in [-0.2, 0) is 4.74 Å². The molecule has 2 heterocycles. The van der Waals surface area contributed by atoms with Crippen LogP contribution in [0.4, 0.5) is 11.6 Å². The Bertz CT molecular complexity index is 297. The van der Waals surface area contributed by atoms with Crippen molar-refractivity contribution in [2.24, 2.45) is 0 Å². The number of ether oxygens (including phenoxy) is 1. The van der Waals surface area contributed by atoms with E-state index < -0.39 is 0 Å². The zero-order valence-corrected chi connectivity index (χ0v) is 8.36. The Kier molecular flexibility index (Phi) is 2.84. The Labute approximate surface area is 83.9 Å². The number of anilines is 2. The van der Waals surface area contributed by atoms with Crippen molar-refractivity contribution in [1.82, 2.24) is 4.98 Å². The van der Waals surface area contributed by atoms with Gasteiger partial charge < -0.3 is 15.0 Å². The number of pyridine rings is 1. The molecule has 1 aromatic heterocycles. The minimum atomic E-state index is 0.653. The molecule has 1 fully saturated rings. The van der Waals surface area contributed by atoms with E-state index in [0.29, 0.717) is 6.73 Å². The van der Waals surface area contributed by atoms with Gasteiger partial charge in [-0.1, -0.05) is 6.07 Å². The fraction of sp³-hybridized carbons (Fsp3) is 0.500. The summed E-state index contributed by atoms with van der Waals surface area (Å²) in [7, 11) is 1.87. The Morgan fingerprint density at radius 1 is 1.50 bits per heavy atom. The van der Waals surface area contributed by atoms with Gasteiger partial charge in [0.1, 0.15) is 18.4 Å². The molecule has 76 valence electrons. The summed E-state index contributed by atoms with van der Waals surface area (Å²) in [6.07, 6.45) is 1.07. The van der Waals surface area contributed by atoms with Gasteiger partial charge in [0.15, 0.2) is 0 Å². The second-order valence-electron chi connectivity index (χ2n) is 3.29. The number of hydrogen-bond donors (Lipinski definition) is 1. The van der Waals surface area contributed by atoms with Crippen LogP contribution >= 0.6 is 0 Å². The summed E-state index contributed by atoms with van der Waals surface area (Å²) in [5, 5.41) is 3.03. The molecular weight excluding hydrogens is 178 g/mol. The highest BCUT2D eigenvalue weighted by Crippen LogP contribution is 2.16. The van der Waals surface area contributed by atoms with Crippen molar-refractivity contribution in [3.63, 3.8) is 0 Å². The van der Waals surface area contributed by atoms with Crippen LogP contribution in [-0.4, -0.2) is 31.9 Å². The molecule has 0 amide bonds. The van der Waals surface area contributed by atoms with Crippen molar-refractivity contribution in [2.45, 2.75) is 6.42 Å². The van der Waals surface area contributed by atoms with Gasteiger partial charge in [-0.05, 0) is 18.6 Å². The van der Waals surface area contributed by atoms with Gasteiger partial charge in [0, 0.05) is 13.6 Å². The van der Waals surface area contributed by atoms with E-state index in [1.807, 2.05) is 25.2 Å². The Balaban J connectivity index is 2.13. The molecule has 0 aliphatic carbocycles. The molecule has 1 saturated heterocycles. The average Bonchev–Trinajstić information content (AvgIpc) is 2.30. The van der Waals surface area contributed by atoms with Crippen LogP contribution in [0.3, 0.4) is 0 Å². The third-order valence-electron chi connectivity index (χ3n) is 2.28. The largest absolute Gasteiger partial charge is 0.373 e. The van der Waals surface area contributed by atoms with E-state index in [9.17, 15) is 0 Å². The number of rotatable bonds is 2. The van der Waals surface area contributed by atoms with E-state index in [2.05, 4.69) is 15.2 Å². The number of nitrogens with zero attached hydrogens (tertiary/aromatic N) is 2. The molecule has 0 radical (unpaired) electrons. The molecule has 1 aromatic rings. The van der Waals surface area contributed by atoms with Gasteiger partial charge in [-0.25, -0.2) is 4.98 Å². The molecule has 2 rings (SSSR count). The first kappa shape index (κ1) is 9.27. The quantitative estimate of drug-likeness (QED) is 0.768. The standard InChI is InChI=1S/C10H15N3O/c1-11-9-4-2-5-10(12-9)13-6-3-7-14-8-13/h2,4-5H,3,6-8H2,1H3,(H,11,12). The van der Waals surface area contributed by atoms with Gasteiger partial charge in [-0.15, -0.1) is 0 Å². The topological polar surface area (TPSA) is 37.4 Å². The van der Waals surface area contributed by atoms with Gasteiger partial charge in [0.05, 0.1) is 6.61 Å². The van der Waals surface area contributed by atoms with E-state index in [0.717, 1.165) is 31.2 Å². The third kappa shape index (κ3) is 1.96. The smallest absolute Gasteiger partial charge is 0.132 e. The summed E-state index contributed by atoms with van der Waals surface area (Å²) < 4.78 is 5.38. The number of nitrogens with one attached hydrogen (secondary N) is 1. The maximum Gasteiger partial charge on any atom is 0.132 e. The molecule has 0 saturated carbocycles. The van der Waals surface area contributed by atoms with Gasteiger partial charge in [-0.3, -0.25) is 0 Å². The van der Waals surface area contributed by atoms with Crippen molar-refractivity contribution in [1.29, 1.82) is 0 Å². The monoisotopic (exact) mass is 193 g/mol. The first-order valence-corrected chi connectivity index (χ1v) is 4.87. The highest BCUT2D eigenvalue weighted by molar-refractivity contribution is 5.46. The van der Waals surface area contributed by atoms with E-state index in [-0.39, 0.29) is 0 Å².